The lowest BCUT2D eigenvalue weighted by molar-refractivity contribution is -0.133. The molecule has 9 nitrogen and oxygen atoms in total. The van der Waals surface area contributed by atoms with Gasteiger partial charge in [0.05, 0.1) is 13.7 Å². The number of likely N-dealkylation sites (N-methyl/N-ethyl adjacent to an activating group) is 1. The van der Waals surface area contributed by atoms with Gasteiger partial charge in [0.1, 0.15) is 17.0 Å². The van der Waals surface area contributed by atoms with Crippen LogP contribution in [0.2, 0.25) is 0 Å². The van der Waals surface area contributed by atoms with Gasteiger partial charge in [-0.05, 0) is 32.8 Å². The zero-order chi connectivity index (χ0) is 23.6. The van der Waals surface area contributed by atoms with Crippen LogP contribution < -0.4 is 15.4 Å². The molecule has 1 saturated carbocycles. The van der Waals surface area contributed by atoms with Crippen LogP contribution in [0.1, 0.15) is 66.1 Å². The van der Waals surface area contributed by atoms with Crippen molar-refractivity contribution in [1.82, 2.24) is 25.3 Å². The fourth-order valence-electron chi connectivity index (χ4n) is 4.77. The molecule has 3 amide bonds. The van der Waals surface area contributed by atoms with Crippen LogP contribution in [0.3, 0.4) is 0 Å². The van der Waals surface area contributed by atoms with Crippen molar-refractivity contribution in [3.05, 3.63) is 47.3 Å². The molecule has 2 N–H and O–H groups in total. The Morgan fingerprint density at radius 1 is 1.24 bits per heavy atom. The molecule has 1 aliphatic heterocycles. The summed E-state index contributed by atoms with van der Waals surface area (Å²) in [5.74, 6) is -0.187. The number of carbonyl (C=O) groups is 3. The van der Waals surface area contributed by atoms with Gasteiger partial charge in [-0.3, -0.25) is 19.1 Å². The molecule has 2 heterocycles. The van der Waals surface area contributed by atoms with Gasteiger partial charge >= 0.3 is 0 Å². The molecule has 2 aliphatic rings. The van der Waals surface area contributed by atoms with E-state index < -0.39 is 11.4 Å². The minimum absolute atomic E-state index is 0.143. The van der Waals surface area contributed by atoms with Crippen molar-refractivity contribution in [2.45, 2.75) is 64.2 Å². The molecule has 0 bridgehead atoms. The topological polar surface area (TPSA) is 106 Å². The first-order valence-electron chi connectivity index (χ1n) is 11.5. The number of hydrogen-bond acceptors (Lipinski definition) is 5. The van der Waals surface area contributed by atoms with Gasteiger partial charge in [-0.1, -0.05) is 31.0 Å². The minimum Gasteiger partial charge on any atom is -0.496 e. The Morgan fingerprint density at radius 2 is 1.97 bits per heavy atom. The third-order valence-electron chi connectivity index (χ3n) is 6.66. The van der Waals surface area contributed by atoms with Gasteiger partial charge in [-0.2, -0.15) is 5.10 Å². The van der Waals surface area contributed by atoms with E-state index in [0.29, 0.717) is 18.0 Å². The molecule has 4 rings (SSSR count). The Hall–Kier alpha value is -3.36. The molecule has 0 radical (unpaired) electrons. The number of carbonyl (C=O) groups excluding carboxylic acids is 3. The molecule has 0 unspecified atom stereocenters. The average Bonchev–Trinajstić information content (AvgIpc) is 3.48. The van der Waals surface area contributed by atoms with Crippen LogP contribution in [0.15, 0.2) is 30.3 Å². The summed E-state index contributed by atoms with van der Waals surface area (Å²) in [6.07, 6.45) is 4.14. The zero-order valence-electron chi connectivity index (χ0n) is 19.4. The second kappa shape index (κ2) is 9.25. The quantitative estimate of drug-likeness (QED) is 0.668. The molecule has 1 fully saturated rings. The SMILES string of the molecule is CCN1C(=O)c2cc(C(=O)NCc3ccccc3OC)nn2C[C@@]1(C)C(=O)NC1CCCC1. The number of nitrogens with zero attached hydrogens (tertiary/aromatic N) is 3. The number of benzene rings is 1. The first-order valence-corrected chi connectivity index (χ1v) is 11.5. The van der Waals surface area contributed by atoms with E-state index in [4.69, 9.17) is 4.74 Å². The molecule has 0 spiro atoms. The summed E-state index contributed by atoms with van der Waals surface area (Å²) in [6.45, 7) is 4.46. The van der Waals surface area contributed by atoms with Gasteiger partial charge in [0.15, 0.2) is 5.69 Å². The van der Waals surface area contributed by atoms with Crippen LogP contribution in [0.4, 0.5) is 0 Å². The Labute approximate surface area is 193 Å². The van der Waals surface area contributed by atoms with Crippen LogP contribution in [-0.4, -0.2) is 57.6 Å². The largest absolute Gasteiger partial charge is 0.496 e. The van der Waals surface area contributed by atoms with Gasteiger partial charge in [0, 0.05) is 30.8 Å². The minimum atomic E-state index is -1.07. The van der Waals surface area contributed by atoms with Crippen molar-refractivity contribution in [1.29, 1.82) is 0 Å². The second-order valence-corrected chi connectivity index (χ2v) is 8.85. The number of amides is 3. The van der Waals surface area contributed by atoms with E-state index in [2.05, 4.69) is 15.7 Å². The molecule has 176 valence electrons. The zero-order valence-corrected chi connectivity index (χ0v) is 19.4. The summed E-state index contributed by atoms with van der Waals surface area (Å²) < 4.78 is 6.81. The van der Waals surface area contributed by atoms with Gasteiger partial charge in [0.25, 0.3) is 11.8 Å². The Morgan fingerprint density at radius 3 is 2.67 bits per heavy atom. The average molecular weight is 454 g/mol. The van der Waals surface area contributed by atoms with Crippen LogP contribution >= 0.6 is 0 Å². The number of hydrogen-bond donors (Lipinski definition) is 2. The molecule has 0 saturated heterocycles. The van der Waals surface area contributed by atoms with Crippen molar-refractivity contribution in [2.75, 3.05) is 13.7 Å². The number of para-hydroxylation sites is 1. The summed E-state index contributed by atoms with van der Waals surface area (Å²) in [6, 6.07) is 9.07. The van der Waals surface area contributed by atoms with E-state index in [1.807, 2.05) is 31.2 Å². The highest BCUT2D eigenvalue weighted by molar-refractivity contribution is 6.01. The number of fused-ring (bicyclic) bond motifs is 1. The second-order valence-electron chi connectivity index (χ2n) is 8.85. The molecular formula is C24H31N5O4. The van der Waals surface area contributed by atoms with E-state index in [1.54, 1.807) is 18.9 Å². The maximum atomic E-state index is 13.2. The van der Waals surface area contributed by atoms with E-state index in [9.17, 15) is 14.4 Å². The third kappa shape index (κ3) is 4.31. The van der Waals surface area contributed by atoms with E-state index >= 15 is 0 Å². The number of rotatable bonds is 7. The normalized spacial score (nSPS) is 20.5. The Kier molecular flexibility index (Phi) is 6.40. The molecule has 33 heavy (non-hydrogen) atoms. The number of nitrogens with one attached hydrogen (secondary N) is 2. The third-order valence-corrected chi connectivity index (χ3v) is 6.66. The summed E-state index contributed by atoms with van der Waals surface area (Å²) >= 11 is 0. The Bertz CT molecular complexity index is 1060. The van der Waals surface area contributed by atoms with Gasteiger partial charge in [-0.15, -0.1) is 0 Å². The van der Waals surface area contributed by atoms with Crippen molar-refractivity contribution < 1.29 is 19.1 Å². The molecule has 2 aromatic rings. The smallest absolute Gasteiger partial charge is 0.273 e. The molecule has 1 aromatic heterocycles. The predicted octanol–water partition coefficient (Wildman–Crippen LogP) is 2.11. The van der Waals surface area contributed by atoms with E-state index in [1.165, 1.54) is 10.7 Å². The van der Waals surface area contributed by atoms with Crippen LogP contribution in [0, 0.1) is 0 Å². The lowest BCUT2D eigenvalue weighted by atomic mass is 9.94. The maximum Gasteiger partial charge on any atom is 0.273 e. The van der Waals surface area contributed by atoms with Gasteiger partial charge in [-0.25, -0.2) is 0 Å². The van der Waals surface area contributed by atoms with Crippen molar-refractivity contribution in [3.63, 3.8) is 0 Å². The predicted molar refractivity (Wildman–Crippen MR) is 122 cm³/mol. The van der Waals surface area contributed by atoms with Crippen LogP contribution in [0.25, 0.3) is 0 Å². The standard InChI is InChI=1S/C24H31N5O4/c1-4-28-22(31)19-13-18(21(30)25-14-16-9-5-8-12-20(16)33-3)27-29(19)15-24(28,2)23(32)26-17-10-6-7-11-17/h5,8-9,12-13,17H,4,6-7,10-11,14-15H2,1-3H3,(H,25,30)(H,26,32)/t24-/m0/s1. The molecule has 1 aliphatic carbocycles. The van der Waals surface area contributed by atoms with Crippen molar-refractivity contribution >= 4 is 17.7 Å². The summed E-state index contributed by atoms with van der Waals surface area (Å²) in [4.78, 5) is 40.8. The fourth-order valence-corrected chi connectivity index (χ4v) is 4.77. The van der Waals surface area contributed by atoms with Gasteiger partial charge < -0.3 is 20.3 Å². The van der Waals surface area contributed by atoms with Crippen LogP contribution in [-0.2, 0) is 17.9 Å². The van der Waals surface area contributed by atoms with Crippen LogP contribution in [0.5, 0.6) is 5.75 Å². The monoisotopic (exact) mass is 453 g/mol. The highest BCUT2D eigenvalue weighted by Gasteiger charge is 2.48. The Balaban J connectivity index is 1.52. The van der Waals surface area contributed by atoms with Gasteiger partial charge in [0.2, 0.25) is 5.91 Å². The van der Waals surface area contributed by atoms with E-state index in [-0.39, 0.29) is 36.6 Å². The molecule has 9 heteroatoms. The highest BCUT2D eigenvalue weighted by Crippen LogP contribution is 2.28. The number of aromatic nitrogens is 2. The fraction of sp³-hybridized carbons (Fsp3) is 0.500. The van der Waals surface area contributed by atoms with E-state index in [0.717, 1.165) is 31.2 Å². The maximum absolute atomic E-state index is 13.2. The first kappa shape index (κ1) is 22.8. The number of ether oxygens (including phenoxy) is 1. The first-order chi connectivity index (χ1) is 15.9. The number of methoxy groups -OCH3 is 1. The summed E-state index contributed by atoms with van der Waals surface area (Å²) in [5, 5.41) is 10.3. The molecular weight excluding hydrogens is 422 g/mol. The lowest BCUT2D eigenvalue weighted by Gasteiger charge is -2.43. The summed E-state index contributed by atoms with van der Waals surface area (Å²) in [7, 11) is 1.58. The molecule has 1 atom stereocenters. The van der Waals surface area contributed by atoms with Crippen molar-refractivity contribution in [2.24, 2.45) is 0 Å². The van der Waals surface area contributed by atoms with Crippen molar-refractivity contribution in [3.8, 4) is 5.75 Å². The molecule has 1 aromatic carbocycles. The highest BCUT2D eigenvalue weighted by atomic mass is 16.5. The lowest BCUT2D eigenvalue weighted by Crippen LogP contribution is -2.64. The summed E-state index contributed by atoms with van der Waals surface area (Å²) in [5.41, 5.74) is 0.218.